The molecular weight excluding hydrogens is 144 g/mol. The van der Waals surface area contributed by atoms with Crippen LogP contribution in [-0.4, -0.2) is 25.1 Å². The lowest BCUT2D eigenvalue weighted by Crippen LogP contribution is -2.09. The molecule has 0 aliphatic carbocycles. The van der Waals surface area contributed by atoms with Gasteiger partial charge in [-0.25, -0.2) is 0 Å². The van der Waals surface area contributed by atoms with Gasteiger partial charge in [-0.2, -0.15) is 0 Å². The molecule has 0 rings (SSSR count). The summed E-state index contributed by atoms with van der Waals surface area (Å²) >= 11 is 4.75. The maximum Gasteiger partial charge on any atom is 0.315 e. The van der Waals surface area contributed by atoms with E-state index >= 15 is 0 Å². The van der Waals surface area contributed by atoms with Gasteiger partial charge in [0.25, 0.3) is 0 Å². The summed E-state index contributed by atoms with van der Waals surface area (Å²) in [6.07, 6.45) is 1.83. The van der Waals surface area contributed by atoms with Crippen molar-refractivity contribution >= 4 is 26.6 Å². The van der Waals surface area contributed by atoms with Gasteiger partial charge < -0.3 is 4.74 Å². The van der Waals surface area contributed by atoms with E-state index in [1.807, 2.05) is 6.26 Å². The maximum absolute atomic E-state index is 10.3. The van der Waals surface area contributed by atoms with Crippen LogP contribution in [0.4, 0.5) is 0 Å². The molecule has 1 unspecified atom stereocenters. The maximum atomic E-state index is 10.3. The molecule has 0 amide bonds. The lowest BCUT2D eigenvalue weighted by molar-refractivity contribution is -0.137. The van der Waals surface area contributed by atoms with E-state index in [2.05, 4.69) is 4.74 Å². The van der Waals surface area contributed by atoms with Crippen molar-refractivity contribution in [3.63, 3.8) is 0 Å². The summed E-state index contributed by atoms with van der Waals surface area (Å²) in [5, 5.41) is 0. The van der Waals surface area contributed by atoms with E-state index in [0.29, 0.717) is 5.75 Å². The van der Waals surface area contributed by atoms with Crippen molar-refractivity contribution in [2.75, 3.05) is 19.1 Å². The van der Waals surface area contributed by atoms with E-state index in [-0.39, 0.29) is 15.4 Å². The molecule has 8 heavy (non-hydrogen) atoms. The summed E-state index contributed by atoms with van der Waals surface area (Å²) in [5.74, 6) is 0.150. The molecule has 1 atom stereocenters. The Balaban J connectivity index is 3.40. The van der Waals surface area contributed by atoms with Crippen LogP contribution < -0.4 is 0 Å². The molecule has 0 radical (unpaired) electrons. The minimum absolute atomic E-state index is 0.217. The minimum atomic E-state index is -0.237. The van der Waals surface area contributed by atoms with Gasteiger partial charge in [0, 0.05) is 0 Å². The van der Waals surface area contributed by atoms with Crippen LogP contribution in [0, 0.1) is 0 Å². The predicted octanol–water partition coefficient (Wildman–Crippen LogP) is -0.131. The molecule has 2 nitrogen and oxygen atoms in total. The third-order valence-corrected chi connectivity index (χ3v) is 1.54. The zero-order chi connectivity index (χ0) is 6.57. The molecule has 0 aromatic rings. The third-order valence-electron chi connectivity index (χ3n) is 0.549. The predicted molar refractivity (Wildman–Crippen MR) is 37.5 cm³/mol. The normalized spacial score (nSPS) is 12.8. The Morgan fingerprint density at radius 1 is 1.88 bits per heavy atom. The number of carbonyl (C=O) groups excluding carboxylic acids is 1. The summed E-state index contributed by atoms with van der Waals surface area (Å²) in [7, 11) is 1.13. The molecule has 0 aromatic carbocycles. The van der Waals surface area contributed by atoms with Gasteiger partial charge in [0.15, 0.2) is 0 Å². The first-order valence-electron chi connectivity index (χ1n) is 2.03. The molecule has 48 valence electrons. The molecule has 0 aromatic heterocycles. The Morgan fingerprint density at radius 3 is 2.50 bits per heavy atom. The number of hydrogen-bond acceptors (Lipinski definition) is 3. The monoisotopic (exact) mass is 152 g/mol. The van der Waals surface area contributed by atoms with Crippen LogP contribution in [0.25, 0.3) is 0 Å². The van der Waals surface area contributed by atoms with E-state index < -0.39 is 0 Å². The lowest BCUT2D eigenvalue weighted by atomic mass is 10.8. The fourth-order valence-corrected chi connectivity index (χ4v) is 0.963. The Labute approximate surface area is 55.8 Å². The summed E-state index contributed by atoms with van der Waals surface area (Å²) in [4.78, 5) is 10.3. The fourth-order valence-electron chi connectivity index (χ4n) is 0.225. The molecule has 0 spiro atoms. The fraction of sp³-hybridized carbons (Fsp3) is 0.750. The second-order valence-corrected chi connectivity index (χ2v) is 4.44. The van der Waals surface area contributed by atoms with Crippen molar-refractivity contribution in [2.24, 2.45) is 0 Å². The molecule has 0 saturated carbocycles. The Kier molecular flexibility index (Phi) is 3.99. The van der Waals surface area contributed by atoms with Crippen LogP contribution >= 0.6 is 0 Å². The summed E-state index contributed by atoms with van der Waals surface area (Å²) in [6, 6.07) is 0. The van der Waals surface area contributed by atoms with Gasteiger partial charge in [0.1, 0.15) is 0 Å². The molecular formula is C4H8O2S2. The van der Waals surface area contributed by atoms with E-state index in [1.54, 1.807) is 0 Å². The number of rotatable bonds is 2. The van der Waals surface area contributed by atoms with E-state index in [0.717, 1.165) is 0 Å². The van der Waals surface area contributed by atoms with Crippen LogP contribution in [0.2, 0.25) is 0 Å². The first-order valence-corrected chi connectivity index (χ1v) is 4.76. The molecule has 0 aliphatic rings. The quantitative estimate of drug-likeness (QED) is 0.516. The van der Waals surface area contributed by atoms with E-state index in [1.165, 1.54) is 7.11 Å². The minimum Gasteiger partial charge on any atom is -0.468 e. The molecule has 0 saturated heterocycles. The smallest absolute Gasteiger partial charge is 0.315 e. The summed E-state index contributed by atoms with van der Waals surface area (Å²) in [5.41, 5.74) is 0. The zero-order valence-electron chi connectivity index (χ0n) is 4.84. The van der Waals surface area contributed by atoms with Crippen molar-refractivity contribution in [3.8, 4) is 0 Å². The summed E-state index contributed by atoms with van der Waals surface area (Å²) < 4.78 is 4.36. The highest BCUT2D eigenvalue weighted by Gasteiger charge is 1.97. The van der Waals surface area contributed by atoms with Crippen molar-refractivity contribution in [2.45, 2.75) is 0 Å². The van der Waals surface area contributed by atoms with Gasteiger partial charge in [-0.1, -0.05) is 11.2 Å². The van der Waals surface area contributed by atoms with Gasteiger partial charge >= 0.3 is 5.97 Å². The Bertz CT molecular complexity index is 111. The largest absolute Gasteiger partial charge is 0.468 e. The number of methoxy groups -OCH3 is 1. The molecule has 4 heteroatoms. The summed E-state index contributed by atoms with van der Waals surface area (Å²) in [6.45, 7) is 0. The molecule has 0 bridgehead atoms. The van der Waals surface area contributed by atoms with Crippen LogP contribution in [0.3, 0.4) is 0 Å². The van der Waals surface area contributed by atoms with Gasteiger partial charge in [0.2, 0.25) is 0 Å². The first-order chi connectivity index (χ1) is 3.66. The van der Waals surface area contributed by atoms with E-state index in [4.69, 9.17) is 11.2 Å². The van der Waals surface area contributed by atoms with Crippen molar-refractivity contribution in [1.82, 2.24) is 0 Å². The zero-order valence-corrected chi connectivity index (χ0v) is 6.47. The first kappa shape index (κ1) is 8.04. The Morgan fingerprint density at radius 2 is 2.38 bits per heavy atom. The van der Waals surface area contributed by atoms with Crippen molar-refractivity contribution in [1.29, 1.82) is 0 Å². The van der Waals surface area contributed by atoms with Gasteiger partial charge in [0.05, 0.1) is 12.9 Å². The second kappa shape index (κ2) is 3.97. The van der Waals surface area contributed by atoms with Crippen LogP contribution in [0.1, 0.15) is 0 Å². The molecule has 0 aliphatic heterocycles. The standard InChI is InChI=1S/C4H8O2S2/c1-6-4(5)3-8(2)7/h3H2,1-2H3. The second-order valence-electron chi connectivity index (χ2n) is 1.29. The molecule has 0 heterocycles. The van der Waals surface area contributed by atoms with Crippen LogP contribution in [0.5, 0.6) is 0 Å². The van der Waals surface area contributed by atoms with Crippen LogP contribution in [0.15, 0.2) is 0 Å². The molecule has 0 N–H and O–H groups in total. The Hall–Kier alpha value is 0.0400. The highest BCUT2D eigenvalue weighted by atomic mass is 32.8. The van der Waals surface area contributed by atoms with E-state index in [9.17, 15) is 4.79 Å². The van der Waals surface area contributed by atoms with Crippen LogP contribution in [-0.2, 0) is 30.2 Å². The van der Waals surface area contributed by atoms with Crippen molar-refractivity contribution < 1.29 is 9.53 Å². The number of ether oxygens (including phenoxy) is 1. The van der Waals surface area contributed by atoms with Gasteiger partial charge in [-0.05, 0) is 6.26 Å². The topological polar surface area (TPSA) is 26.3 Å². The number of hydrogen-bond donors (Lipinski definition) is 0. The lowest BCUT2D eigenvalue weighted by Gasteiger charge is -1.94. The number of esters is 1. The third kappa shape index (κ3) is 4.21. The van der Waals surface area contributed by atoms with Gasteiger partial charge in [-0.3, -0.25) is 4.79 Å². The SMILES string of the molecule is COC(=O)CS(C)=S. The average Bonchev–Trinajstić information content (AvgIpc) is 1.65. The van der Waals surface area contributed by atoms with Gasteiger partial charge in [-0.15, -0.1) is 9.45 Å². The highest BCUT2D eigenvalue weighted by Crippen LogP contribution is 1.78. The average molecular weight is 152 g/mol. The highest BCUT2D eigenvalue weighted by molar-refractivity contribution is 8.28. The number of carbonyl (C=O) groups is 1. The van der Waals surface area contributed by atoms with Crippen molar-refractivity contribution in [3.05, 3.63) is 0 Å². The molecule has 0 fully saturated rings.